The zero-order valence-electron chi connectivity index (χ0n) is 20.6. The van der Waals surface area contributed by atoms with Crippen LogP contribution >= 0.6 is 0 Å². The van der Waals surface area contributed by atoms with Crippen molar-refractivity contribution in [2.45, 2.75) is 49.8 Å². The maximum absolute atomic E-state index is 13.0. The standard InChI is InChI=1S/C25H41N5O3S/c1-29(2)23-13-8-12-22-21(23)11-9-14-24(22)34(32,33)28-18-6-3-4-15-25(31)30(20-10-17-27)19-7-5-16-26/h8-9,11-14,28H,3-7,10,15-20,26-27H2,1-2H3. The number of fused-ring (bicyclic) bond motifs is 1. The van der Waals surface area contributed by atoms with Crippen molar-refractivity contribution in [3.8, 4) is 0 Å². The minimum atomic E-state index is -3.64. The zero-order chi connectivity index (χ0) is 25.0. The Morgan fingerprint density at radius 3 is 2.24 bits per heavy atom. The topological polar surface area (TPSA) is 122 Å². The second-order valence-corrected chi connectivity index (χ2v) is 10.5. The number of nitrogens with one attached hydrogen (secondary N) is 1. The van der Waals surface area contributed by atoms with Gasteiger partial charge in [-0.3, -0.25) is 4.79 Å². The van der Waals surface area contributed by atoms with E-state index in [9.17, 15) is 13.2 Å². The van der Waals surface area contributed by atoms with Crippen molar-refractivity contribution < 1.29 is 13.2 Å². The van der Waals surface area contributed by atoms with Crippen LogP contribution in [0.1, 0.15) is 44.9 Å². The van der Waals surface area contributed by atoms with Gasteiger partial charge in [0.25, 0.3) is 0 Å². The molecule has 2 aromatic carbocycles. The number of carbonyl (C=O) groups is 1. The van der Waals surface area contributed by atoms with Gasteiger partial charge in [-0.2, -0.15) is 0 Å². The predicted molar refractivity (Wildman–Crippen MR) is 140 cm³/mol. The Balaban J connectivity index is 1.85. The van der Waals surface area contributed by atoms with Gasteiger partial charge in [-0.25, -0.2) is 13.1 Å². The molecule has 0 unspecified atom stereocenters. The largest absolute Gasteiger partial charge is 0.377 e. The molecule has 0 heterocycles. The van der Waals surface area contributed by atoms with E-state index in [1.807, 2.05) is 48.2 Å². The van der Waals surface area contributed by atoms with Crippen molar-refractivity contribution >= 4 is 32.4 Å². The lowest BCUT2D eigenvalue weighted by molar-refractivity contribution is -0.131. The fourth-order valence-electron chi connectivity index (χ4n) is 4.00. The molecule has 0 radical (unpaired) electrons. The van der Waals surface area contributed by atoms with Crippen molar-refractivity contribution in [2.75, 3.05) is 51.7 Å². The molecule has 0 spiro atoms. The van der Waals surface area contributed by atoms with E-state index in [2.05, 4.69) is 4.72 Å². The molecule has 9 heteroatoms. The van der Waals surface area contributed by atoms with Gasteiger partial charge in [-0.15, -0.1) is 0 Å². The molecule has 0 fully saturated rings. The van der Waals surface area contributed by atoms with Crippen molar-refractivity contribution in [1.29, 1.82) is 0 Å². The molecule has 2 rings (SSSR count). The summed E-state index contributed by atoms with van der Waals surface area (Å²) in [6.45, 7) is 2.93. The Hall–Kier alpha value is -2.20. The van der Waals surface area contributed by atoms with E-state index >= 15 is 0 Å². The molecule has 0 saturated carbocycles. The predicted octanol–water partition coefficient (Wildman–Crippen LogP) is 2.66. The number of rotatable bonds is 16. The average molecular weight is 492 g/mol. The van der Waals surface area contributed by atoms with Gasteiger partial charge in [-0.05, 0) is 57.3 Å². The van der Waals surface area contributed by atoms with Crippen LogP contribution < -0.4 is 21.1 Å². The summed E-state index contributed by atoms with van der Waals surface area (Å²) in [6.07, 6.45) is 5.25. The molecule has 0 saturated heterocycles. The van der Waals surface area contributed by atoms with E-state index in [0.717, 1.165) is 49.7 Å². The van der Waals surface area contributed by atoms with E-state index in [4.69, 9.17) is 11.5 Å². The quantitative estimate of drug-likeness (QED) is 0.310. The van der Waals surface area contributed by atoms with Crippen LogP contribution in [0.2, 0.25) is 0 Å². The Bertz CT molecular complexity index is 1010. The SMILES string of the molecule is CN(C)c1cccc2c(S(=O)(=O)NCCCCCC(=O)N(CCCN)CCCCN)cccc12. The Kier molecular flexibility index (Phi) is 11.8. The van der Waals surface area contributed by atoms with E-state index in [0.29, 0.717) is 44.4 Å². The van der Waals surface area contributed by atoms with Crippen molar-refractivity contribution in [3.05, 3.63) is 36.4 Å². The Morgan fingerprint density at radius 1 is 0.853 bits per heavy atom. The molecule has 0 bridgehead atoms. The molecule has 2 aromatic rings. The van der Waals surface area contributed by atoms with Crippen molar-refractivity contribution in [2.24, 2.45) is 11.5 Å². The van der Waals surface area contributed by atoms with Gasteiger partial charge < -0.3 is 21.3 Å². The third-order valence-corrected chi connectivity index (χ3v) is 7.38. The fourth-order valence-corrected chi connectivity index (χ4v) is 5.29. The average Bonchev–Trinajstić information content (AvgIpc) is 2.82. The van der Waals surface area contributed by atoms with E-state index in [1.54, 1.807) is 12.1 Å². The molecular weight excluding hydrogens is 450 g/mol. The summed E-state index contributed by atoms with van der Waals surface area (Å²) in [5, 5.41) is 1.61. The lowest BCUT2D eigenvalue weighted by atomic mass is 10.1. The maximum Gasteiger partial charge on any atom is 0.241 e. The molecule has 34 heavy (non-hydrogen) atoms. The van der Waals surface area contributed by atoms with Gasteiger partial charge in [0, 0.05) is 56.6 Å². The second-order valence-electron chi connectivity index (χ2n) is 8.75. The van der Waals surface area contributed by atoms with Crippen LogP contribution in [0.5, 0.6) is 0 Å². The number of sulfonamides is 1. The van der Waals surface area contributed by atoms with E-state index in [1.165, 1.54) is 0 Å². The van der Waals surface area contributed by atoms with Crippen LogP contribution in [-0.4, -0.2) is 66.0 Å². The number of unbranched alkanes of at least 4 members (excludes halogenated alkanes) is 3. The first-order valence-electron chi connectivity index (χ1n) is 12.2. The Morgan fingerprint density at radius 2 is 1.53 bits per heavy atom. The summed E-state index contributed by atoms with van der Waals surface area (Å²) in [5.41, 5.74) is 12.1. The van der Waals surface area contributed by atoms with Crippen molar-refractivity contribution in [1.82, 2.24) is 9.62 Å². The van der Waals surface area contributed by atoms with Gasteiger partial charge in [0.2, 0.25) is 15.9 Å². The maximum atomic E-state index is 13.0. The fraction of sp³-hybridized carbons (Fsp3) is 0.560. The molecule has 0 aromatic heterocycles. The number of hydrogen-bond donors (Lipinski definition) is 3. The summed E-state index contributed by atoms with van der Waals surface area (Å²) in [5.74, 6) is 0.138. The van der Waals surface area contributed by atoms with Crippen LogP contribution in [0.3, 0.4) is 0 Å². The normalized spacial score (nSPS) is 11.6. The first-order valence-corrected chi connectivity index (χ1v) is 13.7. The van der Waals surface area contributed by atoms with Crippen LogP contribution in [0.15, 0.2) is 41.3 Å². The minimum Gasteiger partial charge on any atom is -0.377 e. The molecule has 0 aliphatic heterocycles. The first kappa shape index (κ1) is 28.0. The number of nitrogens with zero attached hydrogens (tertiary/aromatic N) is 2. The van der Waals surface area contributed by atoms with Crippen molar-refractivity contribution in [3.63, 3.8) is 0 Å². The highest BCUT2D eigenvalue weighted by Crippen LogP contribution is 2.30. The second kappa shape index (κ2) is 14.3. The number of anilines is 1. The lowest BCUT2D eigenvalue weighted by Gasteiger charge is -2.22. The first-order chi connectivity index (χ1) is 16.3. The van der Waals surface area contributed by atoms with Crippen LogP contribution in [-0.2, 0) is 14.8 Å². The van der Waals surface area contributed by atoms with Crippen LogP contribution in [0, 0.1) is 0 Å². The minimum absolute atomic E-state index is 0.138. The molecule has 1 amide bonds. The highest BCUT2D eigenvalue weighted by atomic mass is 32.2. The van der Waals surface area contributed by atoms with Gasteiger partial charge >= 0.3 is 0 Å². The highest BCUT2D eigenvalue weighted by molar-refractivity contribution is 7.89. The van der Waals surface area contributed by atoms with Gasteiger partial charge in [-0.1, -0.05) is 30.7 Å². The third-order valence-electron chi connectivity index (χ3n) is 5.86. The molecule has 0 aliphatic rings. The van der Waals surface area contributed by atoms with E-state index < -0.39 is 10.0 Å². The lowest BCUT2D eigenvalue weighted by Crippen LogP contribution is -2.34. The number of benzene rings is 2. The summed E-state index contributed by atoms with van der Waals surface area (Å²) in [6, 6.07) is 11.0. The molecular formula is C25H41N5O3S. The molecule has 0 atom stereocenters. The van der Waals surface area contributed by atoms with Gasteiger partial charge in [0.05, 0.1) is 4.90 Å². The molecule has 8 nitrogen and oxygen atoms in total. The van der Waals surface area contributed by atoms with Gasteiger partial charge in [0.1, 0.15) is 0 Å². The smallest absolute Gasteiger partial charge is 0.241 e. The molecule has 190 valence electrons. The summed E-state index contributed by atoms with van der Waals surface area (Å²) in [4.78, 5) is 16.7. The number of amides is 1. The third kappa shape index (κ3) is 8.23. The van der Waals surface area contributed by atoms with Crippen LogP contribution in [0.4, 0.5) is 5.69 Å². The summed E-state index contributed by atoms with van der Waals surface area (Å²) in [7, 11) is 0.247. The Labute approximate surface area is 204 Å². The number of hydrogen-bond acceptors (Lipinski definition) is 6. The summed E-state index contributed by atoms with van der Waals surface area (Å²) < 4.78 is 28.7. The zero-order valence-corrected chi connectivity index (χ0v) is 21.4. The number of carbonyl (C=O) groups excluding carboxylic acids is 1. The van der Waals surface area contributed by atoms with E-state index in [-0.39, 0.29) is 10.8 Å². The summed E-state index contributed by atoms with van der Waals surface area (Å²) >= 11 is 0. The molecule has 0 aliphatic carbocycles. The highest BCUT2D eigenvalue weighted by Gasteiger charge is 2.18. The van der Waals surface area contributed by atoms with Crippen LogP contribution in [0.25, 0.3) is 10.8 Å². The molecule has 5 N–H and O–H groups in total. The number of nitrogens with two attached hydrogens (primary N) is 2. The monoisotopic (exact) mass is 491 g/mol. The van der Waals surface area contributed by atoms with Gasteiger partial charge in [0.15, 0.2) is 0 Å².